The number of ether oxygens (including phenoxy) is 10. The molecule has 101 heavy (non-hydrogen) atoms. The van der Waals surface area contributed by atoms with Gasteiger partial charge < -0.3 is 150 Å². The SMILES string of the molecule is CCCCCCCCCCCCCC=C[C@@H](O)[C@H](CO[C@@H]1O[C@H](CO)[C@@H](O[C@@H]2O[C@H](CO)[C@H](O[C@@H]3O[C@H](CO)[C@H](O)[C@H](O[C@@H]4O[C@H](CO)[C@H](O)[C@H](O)[C@H]4O)[C@H]3NC(C)=O)[C@H](O[C@]3(C(=O)O)C[C@H](O)[C@@H](NC(C)=O)C([C@@H](O)[C@@H](O)CO)O3)[C@H]2O)[C@H](O)C1O)NC(=O)CCCCCCCCCCC. The molecule has 5 aliphatic rings. The van der Waals surface area contributed by atoms with Crippen LogP contribution in [0.15, 0.2) is 12.2 Å². The molecule has 0 aliphatic carbocycles. The number of carboxylic acids is 1. The van der Waals surface area contributed by atoms with Crippen molar-refractivity contribution in [3.8, 4) is 0 Å². The minimum atomic E-state index is -3.38. The number of amides is 3. The monoisotopic (exact) mass is 1460 g/mol. The fourth-order valence-electron chi connectivity index (χ4n) is 13.3. The van der Waals surface area contributed by atoms with E-state index in [1.165, 1.54) is 63.9 Å². The molecule has 0 saturated carbocycles. The maximum absolute atomic E-state index is 13.8. The number of aliphatic carboxylic acids is 1. The lowest BCUT2D eigenvalue weighted by Gasteiger charge is -2.52. The Labute approximate surface area is 589 Å². The molecule has 5 rings (SSSR count). The number of hydrogen-bond acceptors (Lipinski definition) is 30. The molecule has 0 spiro atoms. The molecule has 0 aromatic rings. The fraction of sp³-hybridized carbons (Fsp3) is 0.910. The van der Waals surface area contributed by atoms with E-state index in [1.807, 2.05) is 0 Å². The molecule has 0 bridgehead atoms. The normalized spacial score (nSPS) is 35.9. The minimum Gasteiger partial charge on any atom is -0.477 e. The van der Waals surface area contributed by atoms with Gasteiger partial charge >= 0.3 is 5.97 Å². The molecule has 34 heteroatoms. The fourth-order valence-corrected chi connectivity index (χ4v) is 13.3. The smallest absolute Gasteiger partial charge is 0.364 e. The molecule has 28 atom stereocenters. The molecule has 2 unspecified atom stereocenters. The Morgan fingerprint density at radius 1 is 0.515 bits per heavy atom. The average Bonchev–Trinajstić information content (AvgIpc) is 0.752. The molecule has 34 nitrogen and oxygen atoms in total. The second-order valence-corrected chi connectivity index (χ2v) is 27.2. The van der Waals surface area contributed by atoms with E-state index in [0.29, 0.717) is 12.8 Å². The zero-order valence-corrected chi connectivity index (χ0v) is 58.6. The molecule has 3 amide bonds. The van der Waals surface area contributed by atoms with Gasteiger partial charge in [0.15, 0.2) is 25.2 Å². The molecule has 0 radical (unpaired) electrons. The van der Waals surface area contributed by atoms with Crippen LogP contribution in [0, 0.1) is 0 Å². The highest BCUT2D eigenvalue weighted by Gasteiger charge is 2.62. The van der Waals surface area contributed by atoms with Crippen LogP contribution in [0.2, 0.25) is 0 Å². The van der Waals surface area contributed by atoms with E-state index in [9.17, 15) is 106 Å². The number of aliphatic hydroxyl groups is 16. The number of nitrogens with one attached hydrogen (secondary N) is 3. The van der Waals surface area contributed by atoms with Crippen molar-refractivity contribution in [2.45, 2.75) is 347 Å². The number of aliphatic hydroxyl groups excluding tert-OH is 16. The van der Waals surface area contributed by atoms with Crippen molar-refractivity contribution in [3.63, 3.8) is 0 Å². The summed E-state index contributed by atoms with van der Waals surface area (Å²) in [5, 5.41) is 196. The van der Waals surface area contributed by atoms with Gasteiger partial charge in [-0.15, -0.1) is 0 Å². The minimum absolute atomic E-state index is 0.132. The number of carbonyl (C=O) groups excluding carboxylic acids is 3. The Bertz CT molecular complexity index is 2390. The molecule has 5 heterocycles. The molecular weight excluding hydrogens is 1340 g/mol. The Morgan fingerprint density at radius 3 is 1.52 bits per heavy atom. The maximum Gasteiger partial charge on any atom is 0.364 e. The molecule has 5 saturated heterocycles. The summed E-state index contributed by atoms with van der Waals surface area (Å²) in [6.07, 6.45) is -24.7. The van der Waals surface area contributed by atoms with Crippen LogP contribution < -0.4 is 16.0 Å². The first-order valence-electron chi connectivity index (χ1n) is 36.1. The zero-order valence-electron chi connectivity index (χ0n) is 58.6. The Balaban J connectivity index is 1.44. The van der Waals surface area contributed by atoms with E-state index in [2.05, 4.69) is 29.8 Å². The molecular formula is C67H119N3O31. The van der Waals surface area contributed by atoms with Gasteiger partial charge in [-0.2, -0.15) is 0 Å². The van der Waals surface area contributed by atoms with Gasteiger partial charge in [-0.1, -0.05) is 142 Å². The van der Waals surface area contributed by atoms with Crippen LogP contribution >= 0.6 is 0 Å². The lowest BCUT2D eigenvalue weighted by atomic mass is 9.88. The molecule has 5 aliphatic heterocycles. The number of carboxylic acid groups (broad SMARTS) is 1. The quantitative estimate of drug-likeness (QED) is 0.0209. The van der Waals surface area contributed by atoms with E-state index in [4.69, 9.17) is 47.4 Å². The summed E-state index contributed by atoms with van der Waals surface area (Å²) in [6.45, 7) is 0.243. The summed E-state index contributed by atoms with van der Waals surface area (Å²) in [5.41, 5.74) is 0. The third kappa shape index (κ3) is 25.9. The number of unbranched alkanes of at least 4 members (excludes halogenated alkanes) is 19. The van der Waals surface area contributed by atoms with Crippen molar-refractivity contribution >= 4 is 23.7 Å². The van der Waals surface area contributed by atoms with Crippen molar-refractivity contribution in [3.05, 3.63) is 12.2 Å². The first-order chi connectivity index (χ1) is 48.3. The number of allylic oxidation sites excluding steroid dienone is 1. The Morgan fingerprint density at radius 2 is 0.980 bits per heavy atom. The number of hydrogen-bond donors (Lipinski definition) is 20. The molecule has 5 fully saturated rings. The van der Waals surface area contributed by atoms with E-state index < -0.39 is 241 Å². The third-order valence-corrected chi connectivity index (χ3v) is 19.1. The van der Waals surface area contributed by atoms with Gasteiger partial charge in [0.1, 0.15) is 116 Å². The van der Waals surface area contributed by atoms with Gasteiger partial charge in [-0.05, 0) is 19.3 Å². The molecule has 20 N–H and O–H groups in total. The van der Waals surface area contributed by atoms with Crippen molar-refractivity contribution in [2.24, 2.45) is 0 Å². The number of carbonyl (C=O) groups is 4. The van der Waals surface area contributed by atoms with Crippen LogP contribution in [0.4, 0.5) is 0 Å². The first-order valence-corrected chi connectivity index (χ1v) is 36.1. The standard InChI is InChI=1S/C67H119N3O31/c1-5-7-9-11-13-15-16-17-18-20-21-23-25-27-39(78)38(70-46(81)28-26-24-22-19-14-12-10-8-6-2)35-92-63-55(88)53(86)57(44(33-74)95-63)97-65-56(89)61(101-67(66(90)91)29-40(79)47(68-36(3)76)60(100-67)49(82)41(80)30-71)58(45(34-75)96-65)98-62-48(69-37(4)77)59(51(84)43(32-73)93-62)99-64-54(87)52(85)50(83)42(31-72)94-64/h25,27,38-45,47-65,71-75,78-80,82-89H,5-24,26,28-35H2,1-4H3,(H,68,76)(H,69,77)(H,70,81)(H,90,91)/t38-,39+,40-,41-,42+,43+,44+,45+,47+,48+,49-,50-,51-,52-,53+,54+,55?,56+,57+,58-,59+,60?,61+,62-,63+,64-,65-,67-/m0/s1. The Kier molecular flexibility index (Phi) is 39.6. The van der Waals surface area contributed by atoms with Crippen LogP contribution in [-0.4, -0.2) is 321 Å². The average molecular weight is 1460 g/mol. The lowest BCUT2D eigenvalue weighted by Crippen LogP contribution is -2.72. The van der Waals surface area contributed by atoms with Crippen molar-refractivity contribution < 1.29 is 153 Å². The lowest BCUT2D eigenvalue weighted by molar-refractivity contribution is -0.403. The summed E-state index contributed by atoms with van der Waals surface area (Å²) in [5.74, 6) is -7.72. The summed E-state index contributed by atoms with van der Waals surface area (Å²) < 4.78 is 59.9. The predicted molar refractivity (Wildman–Crippen MR) is 351 cm³/mol. The van der Waals surface area contributed by atoms with E-state index in [1.54, 1.807) is 6.08 Å². The molecule has 0 aromatic heterocycles. The highest BCUT2D eigenvalue weighted by Crippen LogP contribution is 2.41. The van der Waals surface area contributed by atoms with E-state index >= 15 is 0 Å². The van der Waals surface area contributed by atoms with Gasteiger partial charge in [0.25, 0.3) is 5.79 Å². The topological polar surface area (TPSA) is 541 Å². The highest BCUT2D eigenvalue weighted by atomic mass is 16.8. The van der Waals surface area contributed by atoms with Gasteiger partial charge in [-0.25, -0.2) is 4.79 Å². The van der Waals surface area contributed by atoms with Crippen LogP contribution in [0.25, 0.3) is 0 Å². The Hall–Kier alpha value is -3.42. The van der Waals surface area contributed by atoms with Crippen molar-refractivity contribution in [2.75, 3.05) is 39.6 Å². The summed E-state index contributed by atoms with van der Waals surface area (Å²) in [7, 11) is 0. The predicted octanol–water partition coefficient (Wildman–Crippen LogP) is -3.38. The number of rotatable bonds is 46. The maximum atomic E-state index is 13.8. The largest absolute Gasteiger partial charge is 0.477 e. The van der Waals surface area contributed by atoms with E-state index in [0.717, 1.165) is 78.1 Å². The van der Waals surface area contributed by atoms with Crippen LogP contribution in [-0.2, 0) is 66.5 Å². The molecule has 0 aromatic carbocycles. The summed E-state index contributed by atoms with van der Waals surface area (Å²) >= 11 is 0. The van der Waals surface area contributed by atoms with Crippen molar-refractivity contribution in [1.29, 1.82) is 0 Å². The van der Waals surface area contributed by atoms with Crippen LogP contribution in [0.3, 0.4) is 0 Å². The second-order valence-electron chi connectivity index (χ2n) is 27.2. The second kappa shape index (κ2) is 45.3. The summed E-state index contributed by atoms with van der Waals surface area (Å²) in [4.78, 5) is 52.8. The third-order valence-electron chi connectivity index (χ3n) is 19.1. The van der Waals surface area contributed by atoms with Crippen molar-refractivity contribution in [1.82, 2.24) is 16.0 Å². The van der Waals surface area contributed by atoms with Gasteiger partial charge in [0.2, 0.25) is 17.7 Å². The molecule has 588 valence electrons. The van der Waals surface area contributed by atoms with Crippen LogP contribution in [0.1, 0.15) is 175 Å². The first kappa shape index (κ1) is 88.2. The van der Waals surface area contributed by atoms with E-state index in [-0.39, 0.29) is 6.42 Å². The van der Waals surface area contributed by atoms with Gasteiger partial charge in [0.05, 0.1) is 63.9 Å². The highest BCUT2D eigenvalue weighted by molar-refractivity contribution is 5.77. The van der Waals surface area contributed by atoms with Gasteiger partial charge in [-0.3, -0.25) is 14.4 Å². The zero-order chi connectivity index (χ0) is 74.5. The summed E-state index contributed by atoms with van der Waals surface area (Å²) in [6, 6.07) is -4.80. The van der Waals surface area contributed by atoms with Gasteiger partial charge in [0, 0.05) is 26.7 Å². The van der Waals surface area contributed by atoms with Crippen LogP contribution in [0.5, 0.6) is 0 Å².